The second kappa shape index (κ2) is 6.03. The molecule has 3 nitrogen and oxygen atoms in total. The van der Waals surface area contributed by atoms with Gasteiger partial charge >= 0.3 is 0 Å². The summed E-state index contributed by atoms with van der Waals surface area (Å²) in [6.07, 6.45) is 2.04. The molecule has 0 saturated carbocycles. The lowest BCUT2D eigenvalue weighted by Crippen LogP contribution is -2.25. The Morgan fingerprint density at radius 2 is 2.20 bits per heavy atom. The third-order valence-corrected chi connectivity index (χ3v) is 3.60. The Bertz CT molecular complexity index is 538. The molecule has 0 amide bonds. The highest BCUT2D eigenvalue weighted by Crippen LogP contribution is 2.36. The molecule has 1 aromatic carbocycles. The maximum atomic E-state index is 13.3. The first-order valence-corrected chi connectivity index (χ1v) is 6.63. The van der Waals surface area contributed by atoms with E-state index in [0.717, 1.165) is 36.9 Å². The molecule has 0 aromatic heterocycles. The van der Waals surface area contributed by atoms with Crippen molar-refractivity contribution < 1.29 is 8.78 Å². The molecule has 1 aliphatic rings. The van der Waals surface area contributed by atoms with Gasteiger partial charge in [-0.05, 0) is 36.1 Å². The van der Waals surface area contributed by atoms with Crippen LogP contribution in [0.1, 0.15) is 29.5 Å². The summed E-state index contributed by atoms with van der Waals surface area (Å²) in [5.74, 6) is 0. The second-order valence-corrected chi connectivity index (χ2v) is 4.93. The van der Waals surface area contributed by atoms with Crippen LogP contribution in [-0.4, -0.2) is 26.9 Å². The third-order valence-electron chi connectivity index (χ3n) is 3.60. The summed E-state index contributed by atoms with van der Waals surface area (Å²) in [6, 6.07) is 3.38. The van der Waals surface area contributed by atoms with E-state index in [4.69, 9.17) is 5.41 Å². The molecule has 1 aromatic rings. The first-order chi connectivity index (χ1) is 9.58. The molecule has 2 rings (SSSR count). The second-order valence-electron chi connectivity index (χ2n) is 4.93. The number of anilines is 1. The zero-order valence-corrected chi connectivity index (χ0v) is 11.7. The summed E-state index contributed by atoms with van der Waals surface area (Å²) in [4.78, 5) is 2.01. The Morgan fingerprint density at radius 3 is 2.80 bits per heavy atom. The van der Waals surface area contributed by atoms with Crippen molar-refractivity contribution >= 4 is 17.5 Å². The van der Waals surface area contributed by atoms with E-state index in [2.05, 4.69) is 5.32 Å². The van der Waals surface area contributed by atoms with Crippen molar-refractivity contribution in [2.45, 2.75) is 19.3 Å². The maximum absolute atomic E-state index is 13.3. The summed E-state index contributed by atoms with van der Waals surface area (Å²) in [6.45, 7) is 0.888. The molecule has 1 heterocycles. The van der Waals surface area contributed by atoms with Crippen LogP contribution in [0.5, 0.6) is 0 Å². The molecular weight excluding hydrogens is 260 g/mol. The van der Waals surface area contributed by atoms with Gasteiger partial charge in [0, 0.05) is 49.9 Å². The molecule has 0 spiro atoms. The van der Waals surface area contributed by atoms with Crippen LogP contribution < -0.4 is 10.2 Å². The molecule has 0 radical (unpaired) electrons. The summed E-state index contributed by atoms with van der Waals surface area (Å²) < 4.78 is 26.6. The minimum Gasteiger partial charge on any atom is -0.393 e. The lowest BCUT2D eigenvalue weighted by atomic mass is 9.92. The minimum absolute atomic E-state index is 0.0116. The van der Waals surface area contributed by atoms with Crippen molar-refractivity contribution in [3.63, 3.8) is 0 Å². The van der Waals surface area contributed by atoms with Crippen LogP contribution in [0.3, 0.4) is 0 Å². The van der Waals surface area contributed by atoms with E-state index in [1.165, 1.54) is 0 Å². The van der Waals surface area contributed by atoms with E-state index in [1.54, 1.807) is 25.4 Å². The molecule has 0 fully saturated rings. The predicted molar refractivity (Wildman–Crippen MR) is 78.8 cm³/mol. The number of benzene rings is 1. The molecule has 0 aliphatic carbocycles. The van der Waals surface area contributed by atoms with Gasteiger partial charge < -0.3 is 15.6 Å². The number of fused-ring (bicyclic) bond motifs is 1. The quantitative estimate of drug-likeness (QED) is 0.831. The zero-order valence-electron chi connectivity index (χ0n) is 11.7. The zero-order chi connectivity index (χ0) is 14.7. The van der Waals surface area contributed by atoms with Crippen molar-refractivity contribution in [3.8, 4) is 0 Å². The van der Waals surface area contributed by atoms with Gasteiger partial charge in [0.1, 0.15) is 0 Å². The topological polar surface area (TPSA) is 39.1 Å². The Labute approximate surface area is 117 Å². The first-order valence-electron chi connectivity index (χ1n) is 6.63. The van der Waals surface area contributed by atoms with Crippen molar-refractivity contribution in [1.29, 1.82) is 5.41 Å². The lowest BCUT2D eigenvalue weighted by Gasteiger charge is -2.29. The van der Waals surface area contributed by atoms with Crippen molar-refractivity contribution in [2.24, 2.45) is 0 Å². The molecule has 0 atom stereocenters. The van der Waals surface area contributed by atoms with E-state index < -0.39 is 6.43 Å². The Balaban J connectivity index is 2.61. The number of hydrogen-bond acceptors (Lipinski definition) is 3. The van der Waals surface area contributed by atoms with E-state index in [-0.39, 0.29) is 5.56 Å². The molecule has 0 unspecified atom stereocenters. The Kier molecular flexibility index (Phi) is 4.37. The van der Waals surface area contributed by atoms with E-state index in [1.807, 2.05) is 11.9 Å². The van der Waals surface area contributed by atoms with Gasteiger partial charge in [-0.1, -0.05) is 0 Å². The van der Waals surface area contributed by atoms with Crippen LogP contribution in [0, 0.1) is 5.41 Å². The number of halogens is 2. The van der Waals surface area contributed by atoms with Crippen molar-refractivity contribution in [1.82, 2.24) is 5.32 Å². The first kappa shape index (κ1) is 14.5. The monoisotopic (exact) mass is 279 g/mol. The summed E-state index contributed by atoms with van der Waals surface area (Å²) in [5.41, 5.74) is 2.85. The van der Waals surface area contributed by atoms with Gasteiger partial charge in [0.05, 0.1) is 0 Å². The maximum Gasteiger partial charge on any atom is 0.264 e. The van der Waals surface area contributed by atoms with Crippen LogP contribution >= 0.6 is 0 Å². The summed E-state index contributed by atoms with van der Waals surface area (Å²) in [5, 5.41) is 10.2. The van der Waals surface area contributed by atoms with Gasteiger partial charge in [-0.3, -0.25) is 0 Å². The standard InChI is InChI=1S/C15H19F2N3/c1-19-9-11(8-18)12-6-10-4-3-5-20(2)14(10)7-13(12)15(16)17/h6-9,15,18-19H,3-5H2,1-2H3/b11-9+,18-8?. The highest BCUT2D eigenvalue weighted by Gasteiger charge is 2.22. The SMILES string of the molecule is CN/C=C(\C=N)c1cc2c(cc1C(F)F)N(C)CCC2. The minimum atomic E-state index is -2.55. The van der Waals surface area contributed by atoms with Crippen LogP contribution in [0.4, 0.5) is 14.5 Å². The molecule has 2 N–H and O–H groups in total. The highest BCUT2D eigenvalue weighted by atomic mass is 19.3. The fraction of sp³-hybridized carbons (Fsp3) is 0.400. The molecule has 5 heteroatoms. The van der Waals surface area contributed by atoms with E-state index in [9.17, 15) is 8.78 Å². The molecule has 20 heavy (non-hydrogen) atoms. The smallest absolute Gasteiger partial charge is 0.264 e. The molecule has 108 valence electrons. The van der Waals surface area contributed by atoms with E-state index in [0.29, 0.717) is 11.1 Å². The summed E-state index contributed by atoms with van der Waals surface area (Å²) >= 11 is 0. The predicted octanol–water partition coefficient (Wildman–Crippen LogP) is 3.22. The Morgan fingerprint density at radius 1 is 1.45 bits per heavy atom. The fourth-order valence-electron chi connectivity index (χ4n) is 2.62. The lowest BCUT2D eigenvalue weighted by molar-refractivity contribution is 0.151. The van der Waals surface area contributed by atoms with Crippen molar-refractivity contribution in [3.05, 3.63) is 35.0 Å². The molecule has 1 aliphatic heterocycles. The van der Waals surface area contributed by atoms with Crippen LogP contribution in [-0.2, 0) is 6.42 Å². The van der Waals surface area contributed by atoms with Gasteiger partial charge in [0.15, 0.2) is 0 Å². The van der Waals surface area contributed by atoms with E-state index >= 15 is 0 Å². The largest absolute Gasteiger partial charge is 0.393 e. The number of nitrogens with zero attached hydrogens (tertiary/aromatic N) is 1. The normalized spacial score (nSPS) is 15.2. The number of alkyl halides is 2. The van der Waals surface area contributed by atoms with Gasteiger partial charge in [0.25, 0.3) is 6.43 Å². The van der Waals surface area contributed by atoms with Crippen LogP contribution in [0.25, 0.3) is 5.57 Å². The van der Waals surface area contributed by atoms with Crippen LogP contribution in [0.2, 0.25) is 0 Å². The molecule has 0 saturated heterocycles. The third kappa shape index (κ3) is 2.66. The van der Waals surface area contributed by atoms with Gasteiger partial charge in [-0.2, -0.15) is 0 Å². The highest BCUT2D eigenvalue weighted by molar-refractivity contribution is 6.09. The van der Waals surface area contributed by atoms with Gasteiger partial charge in [-0.25, -0.2) is 8.78 Å². The fourth-order valence-corrected chi connectivity index (χ4v) is 2.62. The van der Waals surface area contributed by atoms with Gasteiger partial charge in [0.2, 0.25) is 0 Å². The average molecular weight is 279 g/mol. The average Bonchev–Trinajstić information content (AvgIpc) is 2.44. The number of hydrogen-bond donors (Lipinski definition) is 2. The number of allylic oxidation sites excluding steroid dienone is 1. The van der Waals surface area contributed by atoms with Crippen molar-refractivity contribution in [2.75, 3.05) is 25.5 Å². The number of nitrogens with one attached hydrogen (secondary N) is 2. The van der Waals surface area contributed by atoms with Crippen LogP contribution in [0.15, 0.2) is 18.3 Å². The van der Waals surface area contributed by atoms with Gasteiger partial charge in [-0.15, -0.1) is 0 Å². The molecular formula is C15H19F2N3. The molecule has 0 bridgehead atoms. The summed E-state index contributed by atoms with van der Waals surface area (Å²) in [7, 11) is 3.62. The number of aryl methyl sites for hydroxylation is 1. The number of rotatable bonds is 4. The Hall–Kier alpha value is -1.91.